The van der Waals surface area contributed by atoms with E-state index in [0.717, 1.165) is 34.4 Å². The number of anilines is 1. The predicted molar refractivity (Wildman–Crippen MR) is 151 cm³/mol. The Kier molecular flexibility index (Phi) is 9.23. The molecular weight excluding hydrogens is 468 g/mol. The fraction of sp³-hybridized carbons (Fsp3) is 0.367. The SMILES string of the molecule is Cc1ccc(-c2cc(C(C)C)c(C(C(=O)Nc3ccc(CN(C)C)cc3)S(=O)O)c(C(C)C)c2)cc1. The summed E-state index contributed by atoms with van der Waals surface area (Å²) in [5.41, 5.74) is 7.53. The molecule has 0 aliphatic heterocycles. The molecule has 192 valence electrons. The van der Waals surface area contributed by atoms with Gasteiger partial charge in [0, 0.05) is 12.2 Å². The fourth-order valence-electron chi connectivity index (χ4n) is 4.46. The summed E-state index contributed by atoms with van der Waals surface area (Å²) in [6.07, 6.45) is 0. The maximum atomic E-state index is 13.5. The Morgan fingerprint density at radius 1 is 0.889 bits per heavy atom. The highest BCUT2D eigenvalue weighted by Crippen LogP contribution is 2.39. The molecule has 2 N–H and O–H groups in total. The lowest BCUT2D eigenvalue weighted by Crippen LogP contribution is -2.27. The Labute approximate surface area is 218 Å². The van der Waals surface area contributed by atoms with Gasteiger partial charge in [-0.25, -0.2) is 4.21 Å². The summed E-state index contributed by atoms with van der Waals surface area (Å²) in [5.74, 6) is -0.359. The molecule has 3 aromatic rings. The maximum Gasteiger partial charge on any atom is 0.247 e. The average Bonchev–Trinajstić information content (AvgIpc) is 2.80. The minimum absolute atomic E-state index is 0.0621. The monoisotopic (exact) mass is 506 g/mol. The third kappa shape index (κ3) is 6.69. The van der Waals surface area contributed by atoms with E-state index in [4.69, 9.17) is 0 Å². The number of nitrogens with zero attached hydrogens (tertiary/aromatic N) is 1. The number of amides is 1. The number of carbonyl (C=O) groups excluding carboxylic acids is 1. The zero-order valence-electron chi connectivity index (χ0n) is 22.3. The summed E-state index contributed by atoms with van der Waals surface area (Å²) >= 11 is -2.40. The minimum Gasteiger partial charge on any atom is -0.325 e. The van der Waals surface area contributed by atoms with Crippen molar-refractivity contribution >= 4 is 22.7 Å². The van der Waals surface area contributed by atoms with E-state index in [2.05, 4.69) is 81.2 Å². The molecule has 0 aliphatic carbocycles. The molecule has 0 aromatic heterocycles. The first-order valence-corrected chi connectivity index (χ1v) is 13.5. The van der Waals surface area contributed by atoms with Crippen molar-refractivity contribution in [1.29, 1.82) is 0 Å². The Hall–Kier alpha value is -2.80. The van der Waals surface area contributed by atoms with Gasteiger partial charge in [-0.2, -0.15) is 0 Å². The molecule has 3 rings (SSSR count). The summed E-state index contributed by atoms with van der Waals surface area (Å²) in [6, 6.07) is 20.1. The summed E-state index contributed by atoms with van der Waals surface area (Å²) < 4.78 is 23.1. The highest BCUT2D eigenvalue weighted by molar-refractivity contribution is 7.80. The second kappa shape index (κ2) is 12.0. The van der Waals surface area contributed by atoms with Crippen molar-refractivity contribution in [3.05, 3.63) is 88.5 Å². The molecule has 0 bridgehead atoms. The van der Waals surface area contributed by atoms with Crippen molar-refractivity contribution in [3.63, 3.8) is 0 Å². The third-order valence-electron chi connectivity index (χ3n) is 6.30. The van der Waals surface area contributed by atoms with E-state index in [1.807, 2.05) is 38.4 Å². The molecule has 5 nitrogen and oxygen atoms in total. The molecular formula is C30H38N2O3S. The number of rotatable bonds is 9. The first kappa shape index (κ1) is 27.8. The predicted octanol–water partition coefficient (Wildman–Crippen LogP) is 6.87. The van der Waals surface area contributed by atoms with Gasteiger partial charge in [0.05, 0.1) is 0 Å². The number of nitrogens with one attached hydrogen (secondary N) is 1. The standard InChI is InChI=1S/C30H38N2O3S/c1-19(2)26-16-24(23-12-8-21(5)9-13-23)17-27(20(3)4)28(26)29(36(34)35)30(33)31-25-14-10-22(11-15-25)18-32(6)7/h8-17,19-20,29H,18H2,1-7H3,(H,31,33)(H,34,35). The van der Waals surface area contributed by atoms with Gasteiger partial charge in [-0.3, -0.25) is 4.79 Å². The van der Waals surface area contributed by atoms with Crippen LogP contribution in [0.1, 0.15) is 72.6 Å². The van der Waals surface area contributed by atoms with E-state index in [1.165, 1.54) is 5.56 Å². The van der Waals surface area contributed by atoms with Crippen LogP contribution in [0.5, 0.6) is 0 Å². The van der Waals surface area contributed by atoms with Crippen molar-refractivity contribution in [1.82, 2.24) is 4.90 Å². The molecule has 1 amide bonds. The molecule has 0 spiro atoms. The lowest BCUT2D eigenvalue weighted by molar-refractivity contribution is -0.116. The largest absolute Gasteiger partial charge is 0.325 e. The molecule has 2 atom stereocenters. The van der Waals surface area contributed by atoms with Gasteiger partial charge >= 0.3 is 0 Å². The molecule has 0 saturated heterocycles. The molecule has 6 heteroatoms. The second-order valence-corrected chi connectivity index (χ2v) is 11.3. The van der Waals surface area contributed by atoms with Crippen LogP contribution in [-0.2, 0) is 22.4 Å². The van der Waals surface area contributed by atoms with Crippen molar-refractivity contribution in [2.45, 2.75) is 58.2 Å². The van der Waals surface area contributed by atoms with Crippen LogP contribution < -0.4 is 5.32 Å². The Morgan fingerprint density at radius 2 is 1.42 bits per heavy atom. The molecule has 0 heterocycles. The van der Waals surface area contributed by atoms with Crippen LogP contribution in [0.4, 0.5) is 5.69 Å². The number of carbonyl (C=O) groups is 1. The Morgan fingerprint density at radius 3 is 1.86 bits per heavy atom. The topological polar surface area (TPSA) is 69.6 Å². The summed E-state index contributed by atoms with van der Waals surface area (Å²) in [6.45, 7) is 11.1. The van der Waals surface area contributed by atoms with Crippen LogP contribution in [0.15, 0.2) is 60.7 Å². The van der Waals surface area contributed by atoms with Crippen molar-refractivity contribution in [3.8, 4) is 11.1 Å². The van der Waals surface area contributed by atoms with E-state index in [9.17, 15) is 13.6 Å². The van der Waals surface area contributed by atoms with Crippen molar-refractivity contribution in [2.75, 3.05) is 19.4 Å². The van der Waals surface area contributed by atoms with Crippen molar-refractivity contribution < 1.29 is 13.6 Å². The van der Waals surface area contributed by atoms with Crippen LogP contribution in [0, 0.1) is 6.92 Å². The van der Waals surface area contributed by atoms with Gasteiger partial charge in [0.1, 0.15) is 0 Å². The normalized spacial score (nSPS) is 13.3. The second-order valence-electron chi connectivity index (χ2n) is 10.3. The summed E-state index contributed by atoms with van der Waals surface area (Å²) in [5, 5.41) is 1.68. The van der Waals surface area contributed by atoms with Gasteiger partial charge in [0.15, 0.2) is 16.3 Å². The lowest BCUT2D eigenvalue weighted by Gasteiger charge is -2.26. The van der Waals surface area contributed by atoms with Crippen LogP contribution in [0.3, 0.4) is 0 Å². The van der Waals surface area contributed by atoms with Gasteiger partial charge in [0.2, 0.25) is 5.91 Å². The zero-order valence-corrected chi connectivity index (χ0v) is 23.1. The number of aryl methyl sites for hydroxylation is 1. The molecule has 3 aromatic carbocycles. The first-order valence-electron chi connectivity index (χ1n) is 12.4. The van der Waals surface area contributed by atoms with Crippen LogP contribution in [0.2, 0.25) is 0 Å². The highest BCUT2D eigenvalue weighted by atomic mass is 32.2. The quantitative estimate of drug-likeness (QED) is 0.311. The van der Waals surface area contributed by atoms with E-state index < -0.39 is 22.2 Å². The maximum absolute atomic E-state index is 13.5. The van der Waals surface area contributed by atoms with Gasteiger partial charge in [-0.1, -0.05) is 81.8 Å². The van der Waals surface area contributed by atoms with E-state index in [-0.39, 0.29) is 11.8 Å². The molecule has 36 heavy (non-hydrogen) atoms. The number of hydrogen-bond donors (Lipinski definition) is 2. The van der Waals surface area contributed by atoms with Gasteiger partial charge < -0.3 is 14.8 Å². The van der Waals surface area contributed by atoms with Crippen LogP contribution >= 0.6 is 0 Å². The summed E-state index contributed by atoms with van der Waals surface area (Å²) in [7, 11) is 4.00. The third-order valence-corrected chi connectivity index (χ3v) is 7.15. The van der Waals surface area contributed by atoms with Gasteiger partial charge in [-0.15, -0.1) is 0 Å². The minimum atomic E-state index is -2.40. The number of benzene rings is 3. The molecule has 0 aliphatic rings. The lowest BCUT2D eigenvalue weighted by atomic mass is 9.83. The van der Waals surface area contributed by atoms with Crippen LogP contribution in [0.25, 0.3) is 11.1 Å². The smallest absolute Gasteiger partial charge is 0.247 e. The first-order chi connectivity index (χ1) is 17.0. The van der Waals surface area contributed by atoms with E-state index in [0.29, 0.717) is 11.3 Å². The molecule has 2 unspecified atom stereocenters. The molecule has 0 saturated carbocycles. The Balaban J connectivity index is 2.07. The Bertz CT molecular complexity index is 1190. The van der Waals surface area contributed by atoms with Gasteiger partial charge in [-0.05, 0) is 78.4 Å². The average molecular weight is 507 g/mol. The molecule has 0 fully saturated rings. The van der Waals surface area contributed by atoms with E-state index >= 15 is 0 Å². The van der Waals surface area contributed by atoms with Crippen LogP contribution in [-0.4, -0.2) is 33.7 Å². The zero-order chi connectivity index (χ0) is 26.6. The summed E-state index contributed by atoms with van der Waals surface area (Å²) in [4.78, 5) is 15.6. The van der Waals surface area contributed by atoms with Gasteiger partial charge in [0.25, 0.3) is 0 Å². The van der Waals surface area contributed by atoms with E-state index in [1.54, 1.807) is 0 Å². The highest BCUT2D eigenvalue weighted by Gasteiger charge is 2.33. The number of hydrogen-bond acceptors (Lipinski definition) is 3. The molecule has 0 radical (unpaired) electrons. The fourth-order valence-corrected chi connectivity index (χ4v) is 5.18. The van der Waals surface area contributed by atoms with Crippen molar-refractivity contribution in [2.24, 2.45) is 0 Å².